The highest BCUT2D eigenvalue weighted by molar-refractivity contribution is 6.30. The summed E-state index contributed by atoms with van der Waals surface area (Å²) in [4.78, 5) is 10.4. The van der Waals surface area contributed by atoms with Crippen molar-refractivity contribution in [1.82, 2.24) is 9.97 Å². The highest BCUT2D eigenvalue weighted by Gasteiger charge is 2.00. The van der Waals surface area contributed by atoms with Gasteiger partial charge in [0.05, 0.1) is 0 Å². The maximum atomic E-state index is 5.84. The van der Waals surface area contributed by atoms with Crippen LogP contribution in [0.3, 0.4) is 0 Å². The van der Waals surface area contributed by atoms with Crippen LogP contribution in [-0.2, 0) is 6.54 Å². The maximum Gasteiger partial charge on any atom is 0.226 e. The largest absolute Gasteiger partial charge is 0.366 e. The number of hydrogen-bond acceptors (Lipinski definition) is 4. The molecule has 0 amide bonds. The molecule has 0 aliphatic rings. The molecule has 0 spiro atoms. The zero-order chi connectivity index (χ0) is 13.0. The molecule has 18 heavy (non-hydrogen) atoms. The van der Waals surface area contributed by atoms with Gasteiger partial charge in [-0.3, -0.25) is 0 Å². The van der Waals surface area contributed by atoms with E-state index >= 15 is 0 Å². The molecule has 0 bridgehead atoms. The summed E-state index contributed by atoms with van der Waals surface area (Å²) in [6, 6.07) is 9.59. The highest BCUT2D eigenvalue weighted by Crippen LogP contribution is 2.12. The molecule has 1 aromatic carbocycles. The summed E-state index contributed by atoms with van der Waals surface area (Å²) in [5.74, 6) is 1.50. The lowest BCUT2D eigenvalue weighted by Crippen LogP contribution is -2.13. The van der Waals surface area contributed by atoms with E-state index in [-0.39, 0.29) is 0 Å². The van der Waals surface area contributed by atoms with Gasteiger partial charge in [0.1, 0.15) is 5.82 Å². The van der Waals surface area contributed by atoms with E-state index in [1.807, 2.05) is 49.3 Å². The molecule has 0 unspecified atom stereocenters. The third-order valence-electron chi connectivity index (χ3n) is 2.43. The Morgan fingerprint density at radius 2 is 1.89 bits per heavy atom. The van der Waals surface area contributed by atoms with Crippen molar-refractivity contribution in [3.05, 3.63) is 47.1 Å². The molecule has 1 aromatic heterocycles. The lowest BCUT2D eigenvalue weighted by molar-refractivity contribution is 0.987. The Bertz CT molecular complexity index is 511. The van der Waals surface area contributed by atoms with E-state index in [9.17, 15) is 0 Å². The first-order valence-electron chi connectivity index (χ1n) is 5.64. The molecule has 2 rings (SSSR count). The van der Waals surface area contributed by atoms with E-state index in [1.54, 1.807) is 6.20 Å². The summed E-state index contributed by atoms with van der Waals surface area (Å²) < 4.78 is 0. The molecule has 0 aliphatic carbocycles. The van der Waals surface area contributed by atoms with E-state index in [4.69, 9.17) is 11.6 Å². The van der Waals surface area contributed by atoms with E-state index in [2.05, 4.69) is 15.3 Å². The average molecular weight is 263 g/mol. The van der Waals surface area contributed by atoms with Crippen LogP contribution in [0, 0.1) is 0 Å². The van der Waals surface area contributed by atoms with Gasteiger partial charge in [-0.05, 0) is 23.8 Å². The molecule has 1 N–H and O–H groups in total. The third-order valence-corrected chi connectivity index (χ3v) is 2.68. The minimum Gasteiger partial charge on any atom is -0.366 e. The second-order valence-electron chi connectivity index (χ2n) is 4.12. The zero-order valence-electron chi connectivity index (χ0n) is 10.4. The van der Waals surface area contributed by atoms with Crippen LogP contribution >= 0.6 is 11.6 Å². The van der Waals surface area contributed by atoms with Crippen molar-refractivity contribution < 1.29 is 0 Å². The van der Waals surface area contributed by atoms with Crippen molar-refractivity contribution >= 4 is 23.4 Å². The van der Waals surface area contributed by atoms with Gasteiger partial charge in [0.2, 0.25) is 5.95 Å². The first-order chi connectivity index (χ1) is 8.65. The third kappa shape index (κ3) is 3.34. The van der Waals surface area contributed by atoms with Crippen molar-refractivity contribution in [2.24, 2.45) is 0 Å². The van der Waals surface area contributed by atoms with Gasteiger partial charge in [0, 0.05) is 31.9 Å². The number of halogens is 1. The van der Waals surface area contributed by atoms with Gasteiger partial charge in [-0.25, -0.2) is 4.98 Å². The van der Waals surface area contributed by atoms with Crippen LogP contribution in [0.25, 0.3) is 0 Å². The van der Waals surface area contributed by atoms with Crippen molar-refractivity contribution in [2.45, 2.75) is 6.54 Å². The van der Waals surface area contributed by atoms with Crippen LogP contribution in [-0.4, -0.2) is 24.1 Å². The summed E-state index contributed by atoms with van der Waals surface area (Å²) >= 11 is 5.84. The summed E-state index contributed by atoms with van der Waals surface area (Å²) in [6.45, 7) is 0.709. The number of rotatable bonds is 4. The predicted molar refractivity (Wildman–Crippen MR) is 75.1 cm³/mol. The van der Waals surface area contributed by atoms with Gasteiger partial charge in [-0.2, -0.15) is 4.98 Å². The fraction of sp³-hybridized carbons (Fsp3) is 0.231. The van der Waals surface area contributed by atoms with E-state index in [1.165, 1.54) is 0 Å². The summed E-state index contributed by atoms with van der Waals surface area (Å²) in [7, 11) is 3.83. The first kappa shape index (κ1) is 12.6. The SMILES string of the molecule is CN(C)c1nccc(NCc2ccc(Cl)cc2)n1. The van der Waals surface area contributed by atoms with Crippen molar-refractivity contribution in [2.75, 3.05) is 24.3 Å². The number of benzene rings is 1. The smallest absolute Gasteiger partial charge is 0.226 e. The Morgan fingerprint density at radius 3 is 2.56 bits per heavy atom. The van der Waals surface area contributed by atoms with Gasteiger partial charge in [-0.15, -0.1) is 0 Å². The predicted octanol–water partition coefficient (Wildman–Crippen LogP) is 2.81. The summed E-state index contributed by atoms with van der Waals surface area (Å²) in [5, 5.41) is 4.00. The second-order valence-corrected chi connectivity index (χ2v) is 4.55. The molecule has 4 nitrogen and oxygen atoms in total. The molecule has 2 aromatic rings. The lowest BCUT2D eigenvalue weighted by Gasteiger charge is -2.11. The molecule has 0 saturated heterocycles. The Kier molecular flexibility index (Phi) is 3.99. The minimum absolute atomic E-state index is 0.691. The fourth-order valence-corrected chi connectivity index (χ4v) is 1.58. The molecule has 0 aliphatic heterocycles. The normalized spacial score (nSPS) is 10.2. The van der Waals surface area contributed by atoms with E-state index < -0.39 is 0 Å². The number of aromatic nitrogens is 2. The van der Waals surface area contributed by atoms with Crippen LogP contribution in [0.4, 0.5) is 11.8 Å². The van der Waals surface area contributed by atoms with Gasteiger partial charge in [0.25, 0.3) is 0 Å². The van der Waals surface area contributed by atoms with Crippen LogP contribution in [0.5, 0.6) is 0 Å². The number of nitrogens with zero attached hydrogens (tertiary/aromatic N) is 3. The number of anilines is 2. The fourth-order valence-electron chi connectivity index (χ4n) is 1.46. The molecule has 94 valence electrons. The van der Waals surface area contributed by atoms with Gasteiger partial charge >= 0.3 is 0 Å². The monoisotopic (exact) mass is 262 g/mol. The van der Waals surface area contributed by atoms with Crippen molar-refractivity contribution in [1.29, 1.82) is 0 Å². The highest BCUT2D eigenvalue weighted by atomic mass is 35.5. The molecule has 5 heteroatoms. The first-order valence-corrected chi connectivity index (χ1v) is 6.01. The molecule has 0 fully saturated rings. The Labute approximate surface area is 112 Å². The van der Waals surface area contributed by atoms with Crippen molar-refractivity contribution in [3.63, 3.8) is 0 Å². The summed E-state index contributed by atoms with van der Waals surface area (Å²) in [5.41, 5.74) is 1.16. The van der Waals surface area contributed by atoms with Crippen molar-refractivity contribution in [3.8, 4) is 0 Å². The van der Waals surface area contributed by atoms with Gasteiger partial charge in [0.15, 0.2) is 0 Å². The van der Waals surface area contributed by atoms with E-state index in [0.29, 0.717) is 12.5 Å². The van der Waals surface area contributed by atoms with Crippen LogP contribution in [0.1, 0.15) is 5.56 Å². The maximum absolute atomic E-state index is 5.84. The Morgan fingerprint density at radius 1 is 1.17 bits per heavy atom. The number of nitrogens with one attached hydrogen (secondary N) is 1. The minimum atomic E-state index is 0.691. The lowest BCUT2D eigenvalue weighted by atomic mass is 10.2. The quantitative estimate of drug-likeness (QED) is 0.920. The zero-order valence-corrected chi connectivity index (χ0v) is 11.1. The molecule has 0 radical (unpaired) electrons. The average Bonchev–Trinajstić information content (AvgIpc) is 2.38. The second kappa shape index (κ2) is 5.69. The van der Waals surface area contributed by atoms with E-state index in [0.717, 1.165) is 16.4 Å². The Balaban J connectivity index is 2.01. The van der Waals surface area contributed by atoms with Crippen LogP contribution in [0.15, 0.2) is 36.5 Å². The van der Waals surface area contributed by atoms with Gasteiger partial charge < -0.3 is 10.2 Å². The standard InChI is InChI=1S/C13H15ClN4/c1-18(2)13-15-8-7-12(17-13)16-9-10-3-5-11(14)6-4-10/h3-8H,9H2,1-2H3,(H,15,16,17). The number of hydrogen-bond donors (Lipinski definition) is 1. The molecule has 0 saturated carbocycles. The van der Waals surface area contributed by atoms with Gasteiger partial charge in [-0.1, -0.05) is 23.7 Å². The Hall–Kier alpha value is -1.81. The van der Waals surface area contributed by atoms with Crippen LogP contribution < -0.4 is 10.2 Å². The topological polar surface area (TPSA) is 41.1 Å². The molecular formula is C13H15ClN4. The van der Waals surface area contributed by atoms with Crippen LogP contribution in [0.2, 0.25) is 5.02 Å². The molecule has 0 atom stereocenters. The molecule has 1 heterocycles. The summed E-state index contributed by atoms with van der Waals surface area (Å²) in [6.07, 6.45) is 1.74. The molecular weight excluding hydrogens is 248 g/mol.